The Morgan fingerprint density at radius 3 is 1.81 bits per heavy atom. The molecule has 0 radical (unpaired) electrons. The van der Waals surface area contributed by atoms with Gasteiger partial charge in [-0.05, 0) is 103 Å². The average molecular weight is 963 g/mol. The lowest BCUT2D eigenvalue weighted by Crippen LogP contribution is -2.47. The van der Waals surface area contributed by atoms with Crippen molar-refractivity contribution in [2.75, 3.05) is 136 Å². The first-order valence-electron chi connectivity index (χ1n) is 24.2. The normalized spacial score (nSPS) is 18.1. The quantitative estimate of drug-likeness (QED) is 0.0366. The van der Waals surface area contributed by atoms with Crippen LogP contribution in [0, 0.1) is 24.7 Å². The van der Waals surface area contributed by atoms with Crippen LogP contribution in [0.1, 0.15) is 50.4 Å². The molecule has 0 spiro atoms. The third kappa shape index (κ3) is 14.9. The number of rotatable bonds is 23. The van der Waals surface area contributed by atoms with Crippen molar-refractivity contribution in [2.24, 2.45) is 10.8 Å². The number of hydrogen-bond donors (Lipinski definition) is 8. The van der Waals surface area contributed by atoms with E-state index in [2.05, 4.69) is 109 Å². The second-order valence-corrected chi connectivity index (χ2v) is 19.0. The Morgan fingerprint density at radius 1 is 0.696 bits per heavy atom. The Hall–Kier alpha value is -6.15. The molecule has 4 aromatic rings. The van der Waals surface area contributed by atoms with Crippen LogP contribution in [0.15, 0.2) is 72.9 Å². The number of likely N-dealkylation sites (tertiary alicyclic amines) is 2. The molecule has 2 aliphatic heterocycles. The number of aryl methyl sites for hydroxylation is 3. The maximum atomic E-state index is 13.4. The van der Waals surface area contributed by atoms with Crippen LogP contribution in [0.4, 0.5) is 50.3 Å². The van der Waals surface area contributed by atoms with Gasteiger partial charge in [-0.3, -0.25) is 10.6 Å². The molecule has 18 nitrogen and oxygen atoms in total. The number of thiocarbonyl (C=S) groups is 1. The van der Waals surface area contributed by atoms with Crippen LogP contribution in [0.2, 0.25) is 0 Å². The van der Waals surface area contributed by atoms with Crippen molar-refractivity contribution in [2.45, 2.75) is 53.9 Å². The minimum absolute atomic E-state index is 0.174. The van der Waals surface area contributed by atoms with E-state index in [9.17, 15) is 9.59 Å². The van der Waals surface area contributed by atoms with Gasteiger partial charge in [-0.15, -0.1) is 0 Å². The number of aromatic nitrogens is 4. The van der Waals surface area contributed by atoms with Gasteiger partial charge in [-0.2, -0.15) is 15.0 Å². The Balaban J connectivity index is 1.13. The zero-order valence-electron chi connectivity index (χ0n) is 41.9. The van der Waals surface area contributed by atoms with E-state index in [1.54, 1.807) is 0 Å². The highest BCUT2D eigenvalue weighted by molar-refractivity contribution is 7.80. The van der Waals surface area contributed by atoms with E-state index in [4.69, 9.17) is 22.2 Å². The summed E-state index contributed by atoms with van der Waals surface area (Å²) in [7, 11) is 6.11. The Bertz CT molecular complexity index is 2370. The van der Waals surface area contributed by atoms with Crippen LogP contribution < -0.4 is 47.4 Å². The fraction of sp³-hybridized carbons (Fsp3) is 0.500. The number of nitrogens with zero attached hydrogens (tertiary/aromatic N) is 8. The van der Waals surface area contributed by atoms with Crippen LogP contribution in [-0.4, -0.2) is 151 Å². The highest BCUT2D eigenvalue weighted by atomic mass is 32.1. The minimum atomic E-state index is -0.439. The fourth-order valence-electron chi connectivity index (χ4n) is 8.62. The highest BCUT2D eigenvalue weighted by Gasteiger charge is 2.42. The highest BCUT2D eigenvalue weighted by Crippen LogP contribution is 2.37. The Kier molecular flexibility index (Phi) is 18.5. The minimum Gasteiger partial charge on any atom is -0.387 e. The fourth-order valence-corrected chi connectivity index (χ4v) is 8.96. The second kappa shape index (κ2) is 24.4. The summed E-state index contributed by atoms with van der Waals surface area (Å²) in [6.45, 7) is 24.2. The van der Waals surface area contributed by atoms with Crippen molar-refractivity contribution in [3.8, 4) is 0 Å². The molecule has 2 aromatic heterocycles. The summed E-state index contributed by atoms with van der Waals surface area (Å²) in [5, 5.41) is 25.8. The van der Waals surface area contributed by atoms with Crippen molar-refractivity contribution in [3.05, 3.63) is 89.8 Å². The number of hydrogen-bond acceptors (Lipinski definition) is 14. The van der Waals surface area contributed by atoms with Gasteiger partial charge < -0.3 is 51.5 Å². The third-order valence-electron chi connectivity index (χ3n) is 13.1. The number of likely N-dealkylation sites (N-methyl/N-ethyl adjacent to an activating group) is 2. The molecule has 372 valence electrons. The third-order valence-corrected chi connectivity index (χ3v) is 13.6. The molecule has 0 saturated carbocycles. The lowest BCUT2D eigenvalue weighted by atomic mass is 9.83. The molecule has 0 bridgehead atoms. The SMILES string of the molecule is C=C(NCCN(C)C)C1(CNc2cc(N(C)CCNC(=S)C3(CNc4cc(C)nc(NC(=O)Nc5ccc(C)cc5)n4)CCN(CC)C3)nc(NC(=O)Nc3ccc(CC)cc3)n2)CCN(CC)C1. The maximum Gasteiger partial charge on any atom is 0.326 e. The molecule has 2 aromatic carbocycles. The number of benzene rings is 2. The molecule has 8 N–H and O–H groups in total. The van der Waals surface area contributed by atoms with Gasteiger partial charge in [0.1, 0.15) is 17.5 Å². The van der Waals surface area contributed by atoms with Crippen molar-refractivity contribution in [1.29, 1.82) is 0 Å². The summed E-state index contributed by atoms with van der Waals surface area (Å²) in [6.07, 6.45) is 2.72. The largest absolute Gasteiger partial charge is 0.387 e. The number of nitrogens with one attached hydrogen (secondary N) is 8. The molecule has 6 rings (SSSR count). The first-order chi connectivity index (χ1) is 33.1. The summed E-state index contributed by atoms with van der Waals surface area (Å²) in [4.78, 5) is 54.7. The monoisotopic (exact) mass is 963 g/mol. The van der Waals surface area contributed by atoms with Crippen LogP contribution in [-0.2, 0) is 6.42 Å². The van der Waals surface area contributed by atoms with Crippen molar-refractivity contribution < 1.29 is 9.59 Å². The summed E-state index contributed by atoms with van der Waals surface area (Å²) in [6, 6.07) is 18.3. The molecule has 2 aliphatic rings. The second-order valence-electron chi connectivity index (χ2n) is 18.6. The number of amides is 4. The van der Waals surface area contributed by atoms with E-state index in [0.717, 1.165) is 87.9 Å². The van der Waals surface area contributed by atoms with E-state index in [0.29, 0.717) is 60.7 Å². The molecular weight excluding hydrogens is 889 g/mol. The van der Waals surface area contributed by atoms with Crippen molar-refractivity contribution >= 4 is 70.0 Å². The van der Waals surface area contributed by atoms with E-state index < -0.39 is 12.1 Å². The smallest absolute Gasteiger partial charge is 0.326 e. The number of carbonyl (C=O) groups excluding carboxylic acids is 2. The summed E-state index contributed by atoms with van der Waals surface area (Å²) < 4.78 is 0. The van der Waals surface area contributed by atoms with Crippen LogP contribution in [0.25, 0.3) is 0 Å². The van der Waals surface area contributed by atoms with Gasteiger partial charge >= 0.3 is 12.1 Å². The van der Waals surface area contributed by atoms with Gasteiger partial charge in [-0.1, -0.05) is 69.4 Å². The molecule has 4 amide bonds. The Labute approximate surface area is 414 Å². The zero-order chi connectivity index (χ0) is 49.6. The van der Waals surface area contributed by atoms with Gasteiger partial charge in [0.05, 0.1) is 10.4 Å². The van der Waals surface area contributed by atoms with E-state index in [-0.39, 0.29) is 22.7 Å². The molecule has 2 atom stereocenters. The lowest BCUT2D eigenvalue weighted by Gasteiger charge is -2.33. The van der Waals surface area contributed by atoms with Crippen LogP contribution in [0.5, 0.6) is 0 Å². The van der Waals surface area contributed by atoms with Crippen LogP contribution >= 0.6 is 12.2 Å². The summed E-state index contributed by atoms with van der Waals surface area (Å²) in [5.41, 5.74) is 4.76. The molecule has 4 heterocycles. The van der Waals surface area contributed by atoms with E-state index in [1.165, 1.54) is 5.56 Å². The molecule has 0 aliphatic carbocycles. The van der Waals surface area contributed by atoms with Crippen molar-refractivity contribution in [3.63, 3.8) is 0 Å². The van der Waals surface area contributed by atoms with Crippen LogP contribution in [0.3, 0.4) is 0 Å². The molecule has 2 saturated heterocycles. The molecule has 69 heavy (non-hydrogen) atoms. The zero-order valence-corrected chi connectivity index (χ0v) is 42.7. The maximum absolute atomic E-state index is 13.4. The summed E-state index contributed by atoms with van der Waals surface area (Å²) >= 11 is 6.22. The number of urea groups is 2. The first-order valence-corrected chi connectivity index (χ1v) is 24.6. The molecular formula is C50H74N16O2S. The predicted molar refractivity (Wildman–Crippen MR) is 286 cm³/mol. The standard InChI is InChI=1S/C50H74N16O2S/c1-10-38-15-19-40(20-16-38)57-48(68)62-46-59-42(53-31-49(21-25-65(11-2)33-49)37(6)51-23-27-63(7)8)30-43(60-46)64(9)28-24-52-44(69)50(22-26-66(12-3)34-50)32-54-41-29-36(5)55-45(58-41)61-47(67)56-39-17-13-35(4)14-18-39/h13-20,29-30,51H,6,10-12,21-28,31-34H2,1-5,7-9H3,(H,52,69)(H3,53,57,59,60,62,68)(H3,54,55,56,58,61,67). The Morgan fingerprint density at radius 2 is 1.23 bits per heavy atom. The first kappa shape index (κ1) is 52.2. The van der Waals surface area contributed by atoms with E-state index >= 15 is 0 Å². The lowest BCUT2D eigenvalue weighted by molar-refractivity contribution is 0.261. The van der Waals surface area contributed by atoms with Gasteiger partial charge in [0, 0.05) is 99.7 Å². The van der Waals surface area contributed by atoms with Crippen molar-refractivity contribution in [1.82, 2.24) is 45.3 Å². The predicted octanol–water partition coefficient (Wildman–Crippen LogP) is 6.70. The number of carbonyl (C=O) groups is 2. The van der Waals surface area contributed by atoms with E-state index in [1.807, 2.05) is 86.5 Å². The molecule has 2 fully saturated rings. The van der Waals surface area contributed by atoms with Gasteiger partial charge in [0.15, 0.2) is 0 Å². The molecule has 2 unspecified atom stereocenters. The number of anilines is 7. The van der Waals surface area contributed by atoms with Gasteiger partial charge in [0.25, 0.3) is 0 Å². The molecule has 19 heteroatoms. The average Bonchev–Trinajstić information content (AvgIpc) is 3.97. The van der Waals surface area contributed by atoms with Gasteiger partial charge in [-0.25, -0.2) is 14.6 Å². The topological polar surface area (TPSA) is 195 Å². The summed E-state index contributed by atoms with van der Waals surface area (Å²) in [5.74, 6) is 2.19. The van der Waals surface area contributed by atoms with Gasteiger partial charge in [0.2, 0.25) is 11.9 Å².